The Bertz CT molecular complexity index is 964. The topological polar surface area (TPSA) is 72.4 Å². The van der Waals surface area contributed by atoms with E-state index in [1.807, 2.05) is 28.8 Å². The van der Waals surface area contributed by atoms with Crippen LogP contribution in [0.15, 0.2) is 24.3 Å². The predicted molar refractivity (Wildman–Crippen MR) is 111 cm³/mol. The molecule has 1 fully saturated rings. The number of amides is 2. The number of rotatable bonds is 4. The molecule has 2 aliphatic rings. The lowest BCUT2D eigenvalue weighted by Gasteiger charge is -2.39. The monoisotopic (exact) mass is 417 g/mol. The molecule has 1 aliphatic carbocycles. The van der Waals surface area contributed by atoms with Crippen LogP contribution in [0, 0.1) is 15.8 Å². The van der Waals surface area contributed by atoms with Gasteiger partial charge in [0.25, 0.3) is 5.91 Å². The van der Waals surface area contributed by atoms with Crippen LogP contribution in [-0.2, 0) is 11.3 Å². The van der Waals surface area contributed by atoms with E-state index in [1.54, 1.807) is 7.11 Å². The second-order valence-corrected chi connectivity index (χ2v) is 9.17. The molecule has 148 valence electrons. The summed E-state index contributed by atoms with van der Waals surface area (Å²) >= 11 is 6.83. The lowest BCUT2D eigenvalue weighted by atomic mass is 9.77. The van der Waals surface area contributed by atoms with Crippen molar-refractivity contribution < 1.29 is 14.3 Å². The molecular formula is C20H23N3O3S2. The Labute approximate surface area is 172 Å². The van der Waals surface area contributed by atoms with Gasteiger partial charge in [-0.1, -0.05) is 30.4 Å². The molecule has 0 radical (unpaired) electrons. The zero-order valence-electron chi connectivity index (χ0n) is 15.9. The van der Waals surface area contributed by atoms with E-state index in [-0.39, 0.29) is 23.8 Å². The molecule has 28 heavy (non-hydrogen) atoms. The van der Waals surface area contributed by atoms with Gasteiger partial charge in [0.2, 0.25) is 5.91 Å². The fourth-order valence-electron chi connectivity index (χ4n) is 4.13. The van der Waals surface area contributed by atoms with E-state index in [0.29, 0.717) is 27.1 Å². The van der Waals surface area contributed by atoms with Gasteiger partial charge in [0, 0.05) is 12.6 Å². The molecule has 1 aromatic carbocycles. The van der Waals surface area contributed by atoms with Gasteiger partial charge >= 0.3 is 0 Å². The maximum Gasteiger partial charge on any atom is 0.265 e. The van der Waals surface area contributed by atoms with Crippen LogP contribution in [0.2, 0.25) is 0 Å². The summed E-state index contributed by atoms with van der Waals surface area (Å²) in [4.78, 5) is 25.9. The number of nitrogens with zero attached hydrogens (tertiary/aromatic N) is 1. The van der Waals surface area contributed by atoms with Crippen LogP contribution in [0.1, 0.15) is 47.5 Å². The molecule has 1 saturated carbocycles. The van der Waals surface area contributed by atoms with E-state index < -0.39 is 0 Å². The van der Waals surface area contributed by atoms with E-state index >= 15 is 0 Å². The summed E-state index contributed by atoms with van der Waals surface area (Å²) in [5.74, 6) is 1.59. The van der Waals surface area contributed by atoms with Gasteiger partial charge in [-0.15, -0.1) is 0 Å². The summed E-state index contributed by atoms with van der Waals surface area (Å²) in [5.41, 5.74) is 0.969. The van der Waals surface area contributed by atoms with Crippen LogP contribution in [0.5, 0.6) is 5.75 Å². The van der Waals surface area contributed by atoms with Crippen LogP contribution in [0.25, 0.3) is 0 Å². The van der Waals surface area contributed by atoms with Gasteiger partial charge < -0.3 is 19.9 Å². The molecule has 6 nitrogen and oxygen atoms in total. The van der Waals surface area contributed by atoms with Gasteiger partial charge in [0.15, 0.2) is 3.95 Å². The Morgan fingerprint density at radius 3 is 2.82 bits per heavy atom. The molecule has 4 rings (SSSR count). The van der Waals surface area contributed by atoms with Gasteiger partial charge in [-0.3, -0.25) is 9.59 Å². The van der Waals surface area contributed by atoms with Gasteiger partial charge in [-0.25, -0.2) is 0 Å². The first kappa shape index (κ1) is 19.1. The van der Waals surface area contributed by atoms with E-state index in [0.717, 1.165) is 30.6 Å². The van der Waals surface area contributed by atoms with Crippen molar-refractivity contribution in [2.75, 3.05) is 12.4 Å². The number of aromatic nitrogens is 1. The number of hydrogen-bond acceptors (Lipinski definition) is 5. The number of carbonyl (C=O) groups excluding carboxylic acids is 2. The van der Waals surface area contributed by atoms with Crippen LogP contribution in [0.3, 0.4) is 0 Å². The van der Waals surface area contributed by atoms with Crippen molar-refractivity contribution in [3.63, 3.8) is 0 Å². The number of fused-ring (bicyclic) bond motifs is 3. The number of ether oxygens (including phenoxy) is 1. The molecule has 0 bridgehead atoms. The highest BCUT2D eigenvalue weighted by atomic mass is 32.1. The molecule has 3 unspecified atom stereocenters. The maximum absolute atomic E-state index is 12.8. The summed E-state index contributed by atoms with van der Waals surface area (Å²) in [6, 6.07) is 7.59. The number of methoxy groups -OCH3 is 1. The minimum atomic E-state index is -0.219. The van der Waals surface area contributed by atoms with Crippen LogP contribution < -0.4 is 15.4 Å². The predicted octanol–water partition coefficient (Wildman–Crippen LogP) is 4.15. The van der Waals surface area contributed by atoms with Crippen molar-refractivity contribution in [1.82, 2.24) is 9.88 Å². The lowest BCUT2D eigenvalue weighted by Crippen LogP contribution is -2.41. The fraction of sp³-hybridized carbons (Fsp3) is 0.450. The molecule has 0 spiro atoms. The second-order valence-electron chi connectivity index (χ2n) is 7.53. The molecule has 8 heteroatoms. The molecule has 2 N–H and O–H groups in total. The van der Waals surface area contributed by atoms with Gasteiger partial charge in [-0.2, -0.15) is 0 Å². The van der Waals surface area contributed by atoms with Crippen molar-refractivity contribution >= 4 is 41.2 Å². The molecule has 1 aromatic heterocycles. The average molecular weight is 418 g/mol. The highest BCUT2D eigenvalue weighted by Crippen LogP contribution is 2.44. The Morgan fingerprint density at radius 1 is 1.36 bits per heavy atom. The number of thiazole rings is 1. The van der Waals surface area contributed by atoms with Crippen LogP contribution >= 0.6 is 23.6 Å². The normalized spacial score (nSPS) is 23.4. The quantitative estimate of drug-likeness (QED) is 0.733. The van der Waals surface area contributed by atoms with E-state index in [9.17, 15) is 9.59 Å². The first-order chi connectivity index (χ1) is 13.5. The van der Waals surface area contributed by atoms with E-state index in [1.165, 1.54) is 11.3 Å². The standard InChI is InChI=1S/C20H23N3O3S2/c1-11-3-8-15-14(9-11)18(24)22-17-16(28-20(27)23(15)17)19(25)21-10-12-4-6-13(26-2)7-5-12/h4-7,11,14-15H,3,8-10H2,1-2H3,(H,21,25)(H,22,24). The number of hydrogen-bond donors (Lipinski definition) is 2. The van der Waals surface area contributed by atoms with E-state index in [4.69, 9.17) is 17.0 Å². The van der Waals surface area contributed by atoms with Crippen molar-refractivity contribution in [2.45, 2.75) is 38.8 Å². The highest BCUT2D eigenvalue weighted by molar-refractivity contribution is 7.73. The Morgan fingerprint density at radius 2 is 2.11 bits per heavy atom. The minimum Gasteiger partial charge on any atom is -0.497 e. The third-order valence-corrected chi connectivity index (χ3v) is 7.05. The van der Waals surface area contributed by atoms with Gasteiger partial charge in [0.1, 0.15) is 16.4 Å². The van der Waals surface area contributed by atoms with Gasteiger partial charge in [0.05, 0.1) is 13.0 Å². The minimum absolute atomic E-state index is 0.00792. The highest BCUT2D eigenvalue weighted by Gasteiger charge is 2.41. The number of anilines is 1. The Hall–Kier alpha value is -2.19. The molecule has 0 saturated heterocycles. The van der Waals surface area contributed by atoms with Gasteiger partial charge in [-0.05, 0) is 55.1 Å². The first-order valence-electron chi connectivity index (χ1n) is 9.45. The molecule has 2 amide bonds. The van der Waals surface area contributed by atoms with Crippen molar-refractivity contribution in [3.8, 4) is 5.75 Å². The van der Waals surface area contributed by atoms with Crippen molar-refractivity contribution in [2.24, 2.45) is 11.8 Å². The van der Waals surface area contributed by atoms with Crippen molar-refractivity contribution in [3.05, 3.63) is 38.7 Å². The third kappa shape index (κ3) is 3.46. The summed E-state index contributed by atoms with van der Waals surface area (Å²) in [6.07, 6.45) is 2.86. The summed E-state index contributed by atoms with van der Waals surface area (Å²) in [6.45, 7) is 2.58. The largest absolute Gasteiger partial charge is 0.497 e. The fourth-order valence-corrected chi connectivity index (χ4v) is 5.52. The molecule has 1 aliphatic heterocycles. The van der Waals surface area contributed by atoms with E-state index in [2.05, 4.69) is 17.6 Å². The zero-order chi connectivity index (χ0) is 19.8. The number of nitrogens with one attached hydrogen (secondary N) is 2. The summed E-state index contributed by atoms with van der Waals surface area (Å²) in [7, 11) is 1.62. The van der Waals surface area contributed by atoms with Crippen molar-refractivity contribution in [1.29, 1.82) is 0 Å². The Kier molecular flexibility index (Phi) is 5.25. The zero-order valence-corrected chi connectivity index (χ0v) is 17.5. The lowest BCUT2D eigenvalue weighted by molar-refractivity contribution is -0.123. The molecule has 2 heterocycles. The van der Waals surface area contributed by atoms with Crippen LogP contribution in [0.4, 0.5) is 5.82 Å². The maximum atomic E-state index is 12.8. The summed E-state index contributed by atoms with van der Waals surface area (Å²) < 4.78 is 7.80. The second kappa shape index (κ2) is 7.67. The first-order valence-corrected chi connectivity index (χ1v) is 10.7. The summed E-state index contributed by atoms with van der Waals surface area (Å²) in [5, 5.41) is 5.88. The Balaban J connectivity index is 1.55. The third-order valence-electron chi connectivity index (χ3n) is 5.65. The molecule has 3 atom stereocenters. The van der Waals surface area contributed by atoms with Crippen LogP contribution in [-0.4, -0.2) is 23.5 Å². The molecular weight excluding hydrogens is 394 g/mol. The SMILES string of the molecule is COc1ccc(CNC(=O)c2sc(=S)n3c2NC(=O)C2CC(C)CCC23)cc1. The smallest absolute Gasteiger partial charge is 0.265 e. The molecule has 2 aromatic rings. The number of benzene rings is 1. The average Bonchev–Trinajstić information content (AvgIpc) is 3.03. The number of carbonyl (C=O) groups is 2.